The molecule has 2 aromatic rings. The van der Waals surface area contributed by atoms with Crippen LogP contribution in [0.4, 0.5) is 5.69 Å². The molecule has 7 heteroatoms. The largest absolute Gasteiger partial charge is 0.399 e. The van der Waals surface area contributed by atoms with Crippen molar-refractivity contribution in [2.75, 3.05) is 12.3 Å². The minimum atomic E-state index is -0.538. The fourth-order valence-electron chi connectivity index (χ4n) is 1.84. The minimum Gasteiger partial charge on any atom is -0.399 e. The van der Waals surface area contributed by atoms with Crippen LogP contribution in [-0.2, 0) is 11.3 Å². The summed E-state index contributed by atoms with van der Waals surface area (Å²) >= 11 is 3.64. The number of hydrogen-bond donors (Lipinski definition) is 2. The normalized spacial score (nSPS) is 10.3. The zero-order valence-electron chi connectivity index (χ0n) is 11.1. The van der Waals surface area contributed by atoms with Crippen LogP contribution in [0.1, 0.15) is 15.9 Å². The van der Waals surface area contributed by atoms with Crippen molar-refractivity contribution in [1.82, 2.24) is 4.90 Å². The van der Waals surface area contributed by atoms with Crippen molar-refractivity contribution in [2.24, 2.45) is 5.73 Å². The molecule has 1 aromatic heterocycles. The number of hydrogen-bond acceptors (Lipinski definition) is 4. The number of nitrogens with two attached hydrogens (primary N) is 2. The molecular formula is C14H14IN3O2S. The Kier molecular flexibility index (Phi) is 5.18. The number of benzene rings is 1. The van der Waals surface area contributed by atoms with Crippen LogP contribution in [0.2, 0.25) is 0 Å². The number of nitrogens with zero attached hydrogens (tertiary/aromatic N) is 1. The predicted molar refractivity (Wildman–Crippen MR) is 91.8 cm³/mol. The van der Waals surface area contributed by atoms with Gasteiger partial charge in [0, 0.05) is 17.6 Å². The Morgan fingerprint density at radius 2 is 1.90 bits per heavy atom. The number of amides is 2. The van der Waals surface area contributed by atoms with Crippen molar-refractivity contribution in [3.8, 4) is 0 Å². The van der Waals surface area contributed by atoms with Crippen LogP contribution in [0.25, 0.3) is 0 Å². The van der Waals surface area contributed by atoms with E-state index in [0.717, 1.165) is 8.45 Å². The van der Waals surface area contributed by atoms with Crippen LogP contribution < -0.4 is 11.5 Å². The summed E-state index contributed by atoms with van der Waals surface area (Å²) < 4.78 is 1.02. The molecule has 0 aliphatic carbocycles. The van der Waals surface area contributed by atoms with E-state index in [4.69, 9.17) is 11.5 Å². The number of nitrogen functional groups attached to an aromatic ring is 1. The number of thiophene rings is 1. The van der Waals surface area contributed by atoms with Crippen molar-refractivity contribution in [1.29, 1.82) is 0 Å². The first-order chi connectivity index (χ1) is 9.95. The van der Waals surface area contributed by atoms with Gasteiger partial charge in [0.15, 0.2) is 0 Å². The monoisotopic (exact) mass is 415 g/mol. The smallest absolute Gasteiger partial charge is 0.255 e. The summed E-state index contributed by atoms with van der Waals surface area (Å²) in [6.07, 6.45) is 0. The Bertz CT molecular complexity index is 654. The molecule has 2 rings (SSSR count). The van der Waals surface area contributed by atoms with E-state index in [1.807, 2.05) is 12.1 Å². The Hall–Kier alpha value is -1.61. The number of halogens is 1. The standard InChI is InChI=1S/C14H14IN3O2S/c15-12-5-10(8-21-12)14(20)18(7-13(17)19)6-9-1-3-11(16)4-2-9/h1-5,8H,6-7,16H2,(H2,17,19). The highest BCUT2D eigenvalue weighted by Crippen LogP contribution is 2.19. The molecule has 0 saturated heterocycles. The molecule has 0 radical (unpaired) electrons. The Labute approximate surface area is 140 Å². The van der Waals surface area contributed by atoms with Crippen molar-refractivity contribution < 1.29 is 9.59 Å². The van der Waals surface area contributed by atoms with E-state index in [1.54, 1.807) is 23.6 Å². The quantitative estimate of drug-likeness (QED) is 0.579. The lowest BCUT2D eigenvalue weighted by molar-refractivity contribution is -0.118. The maximum atomic E-state index is 12.5. The van der Waals surface area contributed by atoms with Gasteiger partial charge in [-0.05, 0) is 46.4 Å². The van der Waals surface area contributed by atoms with E-state index in [2.05, 4.69) is 22.6 Å². The maximum Gasteiger partial charge on any atom is 0.255 e. The van der Waals surface area contributed by atoms with Crippen LogP contribution in [0.3, 0.4) is 0 Å². The lowest BCUT2D eigenvalue weighted by Crippen LogP contribution is -2.37. The van der Waals surface area contributed by atoms with Crippen molar-refractivity contribution >= 4 is 51.4 Å². The molecule has 1 heterocycles. The lowest BCUT2D eigenvalue weighted by atomic mass is 10.2. The van der Waals surface area contributed by atoms with Gasteiger partial charge in [-0.1, -0.05) is 12.1 Å². The van der Waals surface area contributed by atoms with Crippen LogP contribution >= 0.6 is 33.9 Å². The topological polar surface area (TPSA) is 89.4 Å². The molecule has 2 amide bonds. The number of carbonyl (C=O) groups is 2. The SMILES string of the molecule is NC(=O)CN(Cc1ccc(N)cc1)C(=O)c1csc(I)c1. The summed E-state index contributed by atoms with van der Waals surface area (Å²) in [5.41, 5.74) is 13.0. The van der Waals surface area contributed by atoms with Gasteiger partial charge in [0.1, 0.15) is 0 Å². The molecule has 5 nitrogen and oxygen atoms in total. The second-order valence-corrected chi connectivity index (χ2v) is 7.31. The summed E-state index contributed by atoms with van der Waals surface area (Å²) in [7, 11) is 0. The summed E-state index contributed by atoms with van der Waals surface area (Å²) in [6, 6.07) is 8.97. The van der Waals surface area contributed by atoms with Gasteiger partial charge in [-0.3, -0.25) is 9.59 Å². The van der Waals surface area contributed by atoms with E-state index in [-0.39, 0.29) is 12.5 Å². The third-order valence-corrected chi connectivity index (χ3v) is 4.59. The average molecular weight is 415 g/mol. The third kappa shape index (κ3) is 4.43. The van der Waals surface area contributed by atoms with Crippen molar-refractivity contribution in [3.63, 3.8) is 0 Å². The second kappa shape index (κ2) is 6.90. The summed E-state index contributed by atoms with van der Waals surface area (Å²) in [4.78, 5) is 25.1. The highest BCUT2D eigenvalue weighted by atomic mass is 127. The first-order valence-electron chi connectivity index (χ1n) is 6.11. The molecule has 110 valence electrons. The molecule has 0 bridgehead atoms. The van der Waals surface area contributed by atoms with E-state index < -0.39 is 5.91 Å². The molecule has 0 atom stereocenters. The lowest BCUT2D eigenvalue weighted by Gasteiger charge is -2.21. The number of rotatable bonds is 5. The van der Waals surface area contributed by atoms with Gasteiger partial charge in [0.25, 0.3) is 5.91 Å². The molecule has 0 unspecified atom stereocenters. The fourth-order valence-corrected chi connectivity index (χ4v) is 3.16. The minimum absolute atomic E-state index is 0.115. The van der Waals surface area contributed by atoms with Crippen LogP contribution in [-0.4, -0.2) is 23.3 Å². The first kappa shape index (κ1) is 15.8. The molecule has 0 fully saturated rings. The number of anilines is 1. The molecule has 0 spiro atoms. The third-order valence-electron chi connectivity index (χ3n) is 2.80. The molecular weight excluding hydrogens is 401 g/mol. The highest BCUT2D eigenvalue weighted by molar-refractivity contribution is 14.1. The van der Waals surface area contributed by atoms with Crippen LogP contribution in [0.5, 0.6) is 0 Å². The van der Waals surface area contributed by atoms with Crippen LogP contribution in [0, 0.1) is 2.88 Å². The van der Waals surface area contributed by atoms with Gasteiger partial charge in [-0.2, -0.15) is 0 Å². The van der Waals surface area contributed by atoms with Gasteiger partial charge < -0.3 is 16.4 Å². The molecule has 0 aliphatic heterocycles. The van der Waals surface area contributed by atoms with Gasteiger partial charge in [-0.25, -0.2) is 0 Å². The second-order valence-electron chi connectivity index (χ2n) is 4.51. The van der Waals surface area contributed by atoms with E-state index >= 15 is 0 Å². The van der Waals surface area contributed by atoms with E-state index in [9.17, 15) is 9.59 Å². The molecule has 4 N–H and O–H groups in total. The zero-order chi connectivity index (χ0) is 15.4. The zero-order valence-corrected chi connectivity index (χ0v) is 14.1. The maximum absolute atomic E-state index is 12.5. The number of primary amides is 1. The Balaban J connectivity index is 2.19. The summed E-state index contributed by atoms with van der Waals surface area (Å²) in [6.45, 7) is 0.199. The average Bonchev–Trinajstić information content (AvgIpc) is 2.86. The van der Waals surface area contributed by atoms with Crippen molar-refractivity contribution in [2.45, 2.75) is 6.54 Å². The van der Waals surface area contributed by atoms with Gasteiger partial charge >= 0.3 is 0 Å². The Morgan fingerprint density at radius 3 is 2.43 bits per heavy atom. The van der Waals surface area contributed by atoms with Gasteiger partial charge in [0.05, 0.1) is 15.0 Å². The van der Waals surface area contributed by atoms with E-state index in [1.165, 1.54) is 16.2 Å². The summed E-state index contributed by atoms with van der Waals surface area (Å²) in [5.74, 6) is -0.742. The van der Waals surface area contributed by atoms with Crippen molar-refractivity contribution in [3.05, 3.63) is 49.7 Å². The fraction of sp³-hybridized carbons (Fsp3) is 0.143. The first-order valence-corrected chi connectivity index (χ1v) is 8.07. The molecule has 0 saturated carbocycles. The predicted octanol–water partition coefficient (Wildman–Crippen LogP) is 2.06. The van der Waals surface area contributed by atoms with Crippen LogP contribution in [0.15, 0.2) is 35.7 Å². The molecule has 0 aliphatic rings. The van der Waals surface area contributed by atoms with Gasteiger partial charge in [0.2, 0.25) is 5.91 Å². The molecule has 1 aromatic carbocycles. The molecule has 21 heavy (non-hydrogen) atoms. The van der Waals surface area contributed by atoms with E-state index in [0.29, 0.717) is 17.8 Å². The summed E-state index contributed by atoms with van der Waals surface area (Å²) in [5, 5.41) is 1.78. The van der Waals surface area contributed by atoms with Gasteiger partial charge in [-0.15, -0.1) is 11.3 Å². The number of carbonyl (C=O) groups excluding carboxylic acids is 2. The highest BCUT2D eigenvalue weighted by Gasteiger charge is 2.19. The Morgan fingerprint density at radius 1 is 1.24 bits per heavy atom.